The Balaban J connectivity index is 1.66. The van der Waals surface area contributed by atoms with E-state index in [0.717, 1.165) is 16.7 Å². The number of urea groups is 1. The van der Waals surface area contributed by atoms with Crippen LogP contribution >= 0.6 is 0 Å². The van der Waals surface area contributed by atoms with Gasteiger partial charge in [-0.1, -0.05) is 42.8 Å². The van der Waals surface area contributed by atoms with Gasteiger partial charge in [-0.3, -0.25) is 0 Å². The number of ether oxygens (including phenoxy) is 2. The van der Waals surface area contributed by atoms with Crippen LogP contribution in [0.15, 0.2) is 71.6 Å². The normalized spacial score (nSPS) is 19.4. The molecule has 1 aliphatic rings. The largest absolute Gasteiger partial charge is 0.497 e. The monoisotopic (exact) mass is 567 g/mol. The van der Waals surface area contributed by atoms with E-state index < -0.39 is 22.2 Å². The Kier molecular flexibility index (Phi) is 9.02. The Hall–Kier alpha value is -3.60. The summed E-state index contributed by atoms with van der Waals surface area (Å²) in [5, 5.41) is 12.7. The molecule has 40 heavy (non-hydrogen) atoms. The third kappa shape index (κ3) is 6.41. The number of hydrogen-bond acceptors (Lipinski definition) is 6. The number of fused-ring (bicyclic) bond motifs is 1. The molecule has 2 N–H and O–H groups in total. The number of aliphatic hydroxyl groups excluding tert-OH is 1. The van der Waals surface area contributed by atoms with Gasteiger partial charge in [0.15, 0.2) is 0 Å². The first-order chi connectivity index (χ1) is 19.0. The van der Waals surface area contributed by atoms with Crippen molar-refractivity contribution in [2.24, 2.45) is 5.92 Å². The minimum absolute atomic E-state index is 0.0332. The van der Waals surface area contributed by atoms with Crippen molar-refractivity contribution in [3.05, 3.63) is 72.3 Å². The number of sulfonamides is 1. The fraction of sp³-hybridized carbons (Fsp3) is 0.367. The molecule has 0 aromatic heterocycles. The number of nitrogens with one attached hydrogen (secondary N) is 1. The number of carbonyl (C=O) groups is 1. The van der Waals surface area contributed by atoms with Crippen molar-refractivity contribution in [3.63, 3.8) is 0 Å². The Labute approximate surface area is 236 Å². The van der Waals surface area contributed by atoms with Gasteiger partial charge in [0, 0.05) is 31.2 Å². The molecule has 0 bridgehead atoms. The third-order valence-electron chi connectivity index (χ3n) is 7.19. The van der Waals surface area contributed by atoms with Crippen LogP contribution in [0.25, 0.3) is 11.1 Å². The summed E-state index contributed by atoms with van der Waals surface area (Å²) >= 11 is 0. The minimum atomic E-state index is -3.96. The Morgan fingerprint density at radius 1 is 1.12 bits per heavy atom. The lowest BCUT2D eigenvalue weighted by Gasteiger charge is -2.37. The lowest BCUT2D eigenvalue weighted by Crippen LogP contribution is -2.50. The van der Waals surface area contributed by atoms with Gasteiger partial charge in [0.05, 0.1) is 20.3 Å². The van der Waals surface area contributed by atoms with Crippen LogP contribution in [0.4, 0.5) is 10.5 Å². The molecule has 0 unspecified atom stereocenters. The number of aliphatic hydroxyl groups is 1. The number of methoxy groups -OCH3 is 1. The first kappa shape index (κ1) is 29.4. The van der Waals surface area contributed by atoms with E-state index in [-0.39, 0.29) is 42.3 Å². The number of likely N-dealkylation sites (N-methyl/N-ethyl adjacent to an activating group) is 1. The summed E-state index contributed by atoms with van der Waals surface area (Å²) in [5.41, 5.74) is 3.48. The van der Waals surface area contributed by atoms with Crippen LogP contribution < -0.4 is 14.8 Å². The summed E-state index contributed by atoms with van der Waals surface area (Å²) in [7, 11) is -0.717. The zero-order valence-corrected chi connectivity index (χ0v) is 24.3. The van der Waals surface area contributed by atoms with E-state index in [4.69, 9.17) is 9.47 Å². The molecule has 0 saturated heterocycles. The third-order valence-corrected chi connectivity index (χ3v) is 9.21. The van der Waals surface area contributed by atoms with Gasteiger partial charge < -0.3 is 24.8 Å². The van der Waals surface area contributed by atoms with Crippen molar-refractivity contribution >= 4 is 21.7 Å². The van der Waals surface area contributed by atoms with Crippen molar-refractivity contribution in [2.75, 3.05) is 39.2 Å². The van der Waals surface area contributed by atoms with Crippen LogP contribution in [0.1, 0.15) is 19.4 Å². The maximum atomic E-state index is 13.8. The van der Waals surface area contributed by atoms with Gasteiger partial charge in [-0.15, -0.1) is 0 Å². The summed E-state index contributed by atoms with van der Waals surface area (Å²) in [6, 6.07) is 19.1. The van der Waals surface area contributed by atoms with Crippen molar-refractivity contribution in [3.8, 4) is 22.6 Å². The molecule has 2 amide bonds. The highest BCUT2D eigenvalue weighted by Gasteiger charge is 2.38. The summed E-state index contributed by atoms with van der Waals surface area (Å²) in [4.78, 5) is 14.6. The first-order valence-electron chi connectivity index (χ1n) is 13.2. The molecule has 214 valence electrons. The number of carbonyl (C=O) groups excluding carboxylic acids is 1. The smallest absolute Gasteiger partial charge is 0.321 e. The number of rotatable bonds is 7. The van der Waals surface area contributed by atoms with Gasteiger partial charge in [-0.2, -0.15) is 4.31 Å². The van der Waals surface area contributed by atoms with Crippen LogP contribution in [-0.4, -0.2) is 74.8 Å². The lowest BCUT2D eigenvalue weighted by atomic mass is 10.0. The van der Waals surface area contributed by atoms with Crippen molar-refractivity contribution in [1.29, 1.82) is 0 Å². The number of benzene rings is 3. The van der Waals surface area contributed by atoms with Crippen LogP contribution in [0.5, 0.6) is 11.5 Å². The summed E-state index contributed by atoms with van der Waals surface area (Å²) in [5.74, 6) is 0.605. The van der Waals surface area contributed by atoms with Gasteiger partial charge in [0.1, 0.15) is 22.5 Å². The zero-order chi connectivity index (χ0) is 29.0. The zero-order valence-electron chi connectivity index (χ0n) is 23.5. The fourth-order valence-electron chi connectivity index (χ4n) is 4.62. The van der Waals surface area contributed by atoms with E-state index in [1.54, 1.807) is 63.5 Å². The van der Waals surface area contributed by atoms with E-state index in [9.17, 15) is 18.3 Å². The maximum Gasteiger partial charge on any atom is 0.321 e. The van der Waals surface area contributed by atoms with Gasteiger partial charge >= 0.3 is 6.03 Å². The van der Waals surface area contributed by atoms with E-state index >= 15 is 0 Å². The minimum Gasteiger partial charge on any atom is -0.497 e. The van der Waals surface area contributed by atoms with Crippen molar-refractivity contribution < 1.29 is 27.8 Å². The quantitative estimate of drug-likeness (QED) is 0.432. The Bertz CT molecular complexity index is 1430. The highest BCUT2D eigenvalue weighted by Crippen LogP contribution is 2.36. The number of amides is 2. The summed E-state index contributed by atoms with van der Waals surface area (Å²) in [6.07, 6.45) is -0.525. The molecule has 0 saturated carbocycles. The number of anilines is 1. The summed E-state index contributed by atoms with van der Waals surface area (Å²) < 4.78 is 40.4. The van der Waals surface area contributed by atoms with Gasteiger partial charge in [0.25, 0.3) is 0 Å². The molecule has 0 fully saturated rings. The van der Waals surface area contributed by atoms with Gasteiger partial charge in [-0.05, 0) is 61.4 Å². The second-order valence-electron chi connectivity index (χ2n) is 10.3. The van der Waals surface area contributed by atoms with E-state index in [0.29, 0.717) is 11.4 Å². The Morgan fingerprint density at radius 2 is 1.77 bits per heavy atom. The second-order valence-corrected chi connectivity index (χ2v) is 12.2. The molecular weight excluding hydrogens is 530 g/mol. The highest BCUT2D eigenvalue weighted by atomic mass is 32.2. The Morgan fingerprint density at radius 3 is 2.40 bits per heavy atom. The molecule has 0 spiro atoms. The fourth-order valence-corrected chi connectivity index (χ4v) is 6.44. The molecule has 1 aliphatic heterocycles. The molecule has 10 heteroatoms. The first-order valence-corrected chi connectivity index (χ1v) is 14.6. The predicted molar refractivity (Wildman–Crippen MR) is 155 cm³/mol. The van der Waals surface area contributed by atoms with E-state index in [1.165, 1.54) is 9.21 Å². The lowest BCUT2D eigenvalue weighted by molar-refractivity contribution is 0.0830. The maximum absolute atomic E-state index is 13.8. The average Bonchev–Trinajstić information content (AvgIpc) is 2.95. The predicted octanol–water partition coefficient (Wildman–Crippen LogP) is 4.60. The average molecular weight is 568 g/mol. The van der Waals surface area contributed by atoms with Crippen LogP contribution in [-0.2, 0) is 10.0 Å². The van der Waals surface area contributed by atoms with Crippen LogP contribution in [0.3, 0.4) is 0 Å². The summed E-state index contributed by atoms with van der Waals surface area (Å²) in [6.45, 7) is 5.58. The molecule has 0 aliphatic carbocycles. The van der Waals surface area contributed by atoms with Crippen molar-refractivity contribution in [2.45, 2.75) is 37.8 Å². The number of aryl methyl sites for hydroxylation is 1. The number of hydrogen-bond donors (Lipinski definition) is 2. The van der Waals surface area contributed by atoms with Gasteiger partial charge in [0.2, 0.25) is 10.0 Å². The molecule has 1 heterocycles. The number of nitrogens with zero attached hydrogens (tertiary/aromatic N) is 2. The molecule has 3 aromatic carbocycles. The van der Waals surface area contributed by atoms with Gasteiger partial charge in [-0.25, -0.2) is 13.2 Å². The van der Waals surface area contributed by atoms with E-state index in [2.05, 4.69) is 5.32 Å². The second kappa shape index (κ2) is 12.3. The molecule has 4 rings (SSSR count). The van der Waals surface area contributed by atoms with Crippen LogP contribution in [0, 0.1) is 12.8 Å². The van der Waals surface area contributed by atoms with Crippen molar-refractivity contribution in [1.82, 2.24) is 9.21 Å². The molecule has 9 nitrogen and oxygen atoms in total. The molecular formula is C30H37N3O6S. The topological polar surface area (TPSA) is 108 Å². The van der Waals surface area contributed by atoms with E-state index in [1.807, 2.05) is 38.1 Å². The highest BCUT2D eigenvalue weighted by molar-refractivity contribution is 7.89. The standard InChI is InChI=1S/C30H37N3O6S/c1-20-6-8-23(9-7-20)24-10-15-29-27(16-24)39-28(21(2)17-33(22(3)19-34)40(29,36)37)18-32(4)30(35)31-25-11-13-26(38-5)14-12-25/h6-16,21-22,28,34H,17-19H2,1-5H3,(H,31,35)/t21-,22-,28-/m0/s1. The molecule has 3 atom stereocenters. The molecule has 3 aromatic rings. The molecule has 0 radical (unpaired) electrons. The van der Waals surface area contributed by atoms with Crippen LogP contribution in [0.2, 0.25) is 0 Å². The SMILES string of the molecule is COc1ccc(NC(=O)N(C)C[C@@H]2Oc3cc(-c4ccc(C)cc4)ccc3S(=O)(=O)N([C@@H](C)CO)C[C@@H]2C)cc1.